The van der Waals surface area contributed by atoms with E-state index in [2.05, 4.69) is 24.6 Å². The Morgan fingerprint density at radius 1 is 1.13 bits per heavy atom. The van der Waals surface area contributed by atoms with Crippen LogP contribution < -0.4 is 5.32 Å². The summed E-state index contributed by atoms with van der Waals surface area (Å²) in [5, 5.41) is 14.0. The standard InChI is InChI=1S/C26H36N2O2/c1-6-19(5)25(24(29)7-2)23(18-20-14-16-27-17-15-20)21-10-12-22(13-11-21)26(30)28(8-3)9-4/h7,10-13,18,20,27,29H,2,5-6,8-9,14-17H2,1,3-4H3/b23-18-,25-24-. The zero-order valence-corrected chi connectivity index (χ0v) is 18.7. The van der Waals surface area contributed by atoms with Crippen molar-refractivity contribution in [2.75, 3.05) is 26.2 Å². The summed E-state index contributed by atoms with van der Waals surface area (Å²) in [4.78, 5) is 14.5. The van der Waals surface area contributed by atoms with E-state index in [1.807, 2.05) is 49.9 Å². The van der Waals surface area contributed by atoms with Crippen molar-refractivity contribution in [2.24, 2.45) is 5.92 Å². The number of aliphatic hydroxyl groups is 1. The van der Waals surface area contributed by atoms with Crippen LogP contribution in [0.25, 0.3) is 5.57 Å². The normalized spacial score (nSPS) is 16.0. The third-order valence-corrected chi connectivity index (χ3v) is 5.78. The van der Waals surface area contributed by atoms with E-state index >= 15 is 0 Å². The monoisotopic (exact) mass is 408 g/mol. The Labute approximate surface area is 181 Å². The lowest BCUT2D eigenvalue weighted by molar-refractivity contribution is 0.0773. The van der Waals surface area contributed by atoms with E-state index in [1.54, 1.807) is 0 Å². The van der Waals surface area contributed by atoms with Crippen LogP contribution in [0, 0.1) is 5.92 Å². The van der Waals surface area contributed by atoms with E-state index in [-0.39, 0.29) is 11.7 Å². The van der Waals surface area contributed by atoms with Gasteiger partial charge in [-0.05, 0) is 87.0 Å². The molecule has 4 heteroatoms. The first-order chi connectivity index (χ1) is 14.5. The summed E-state index contributed by atoms with van der Waals surface area (Å²) in [5.74, 6) is 0.610. The van der Waals surface area contributed by atoms with Crippen LogP contribution in [0.5, 0.6) is 0 Å². The second-order valence-corrected chi connectivity index (χ2v) is 7.64. The first kappa shape index (κ1) is 23.7. The molecule has 1 fully saturated rings. The molecule has 0 bridgehead atoms. The second kappa shape index (κ2) is 11.6. The van der Waals surface area contributed by atoms with Gasteiger partial charge in [0, 0.05) is 24.2 Å². The largest absolute Gasteiger partial charge is 0.507 e. The lowest BCUT2D eigenvalue weighted by Gasteiger charge is -2.23. The molecule has 0 atom stereocenters. The van der Waals surface area contributed by atoms with Gasteiger partial charge in [0.1, 0.15) is 5.76 Å². The lowest BCUT2D eigenvalue weighted by Crippen LogP contribution is -2.30. The van der Waals surface area contributed by atoms with Gasteiger partial charge in [-0.25, -0.2) is 0 Å². The molecule has 0 aliphatic carbocycles. The predicted octanol–water partition coefficient (Wildman–Crippen LogP) is 5.52. The fourth-order valence-electron chi connectivity index (χ4n) is 3.84. The van der Waals surface area contributed by atoms with Crippen LogP contribution in [0.15, 0.2) is 66.5 Å². The number of hydrogen-bond donors (Lipinski definition) is 2. The van der Waals surface area contributed by atoms with Crippen molar-refractivity contribution in [1.29, 1.82) is 0 Å². The van der Waals surface area contributed by atoms with E-state index in [0.717, 1.165) is 54.6 Å². The fraction of sp³-hybridized carbons (Fsp3) is 0.423. The van der Waals surface area contributed by atoms with Gasteiger partial charge in [-0.2, -0.15) is 0 Å². The molecule has 1 aliphatic rings. The van der Waals surface area contributed by atoms with Crippen molar-refractivity contribution in [2.45, 2.75) is 40.0 Å². The summed E-state index contributed by atoms with van der Waals surface area (Å²) in [7, 11) is 0. The number of benzene rings is 1. The molecule has 0 saturated carbocycles. The Hall–Kier alpha value is -2.59. The number of hydrogen-bond acceptors (Lipinski definition) is 3. The van der Waals surface area contributed by atoms with Crippen LogP contribution in [0.2, 0.25) is 0 Å². The minimum atomic E-state index is 0.0399. The van der Waals surface area contributed by atoms with Crippen molar-refractivity contribution in [3.63, 3.8) is 0 Å². The highest BCUT2D eigenvalue weighted by Crippen LogP contribution is 2.34. The molecule has 1 amide bonds. The maximum Gasteiger partial charge on any atom is 0.253 e. The van der Waals surface area contributed by atoms with Crippen LogP contribution in [-0.2, 0) is 0 Å². The summed E-state index contributed by atoms with van der Waals surface area (Å²) >= 11 is 0. The van der Waals surface area contributed by atoms with Gasteiger partial charge in [0.2, 0.25) is 0 Å². The molecule has 1 aromatic rings. The molecular weight excluding hydrogens is 372 g/mol. The molecule has 0 unspecified atom stereocenters. The molecule has 4 nitrogen and oxygen atoms in total. The van der Waals surface area contributed by atoms with E-state index in [0.29, 0.717) is 24.6 Å². The molecule has 162 valence electrons. The molecule has 2 N–H and O–H groups in total. The molecule has 2 rings (SSSR count). The lowest BCUT2D eigenvalue weighted by atomic mass is 9.85. The van der Waals surface area contributed by atoms with Crippen LogP contribution in [0.4, 0.5) is 0 Å². The number of carbonyl (C=O) groups excluding carboxylic acids is 1. The molecule has 1 saturated heterocycles. The van der Waals surface area contributed by atoms with Crippen molar-refractivity contribution in [3.05, 3.63) is 77.6 Å². The average Bonchev–Trinajstić information content (AvgIpc) is 2.79. The average molecular weight is 409 g/mol. The van der Waals surface area contributed by atoms with Gasteiger partial charge in [0.25, 0.3) is 5.91 Å². The van der Waals surface area contributed by atoms with Gasteiger partial charge < -0.3 is 15.3 Å². The Morgan fingerprint density at radius 3 is 2.20 bits per heavy atom. The molecule has 1 aliphatic heterocycles. The smallest absolute Gasteiger partial charge is 0.253 e. The molecule has 0 aromatic heterocycles. The molecule has 30 heavy (non-hydrogen) atoms. The predicted molar refractivity (Wildman–Crippen MR) is 127 cm³/mol. The van der Waals surface area contributed by atoms with Crippen molar-refractivity contribution in [3.8, 4) is 0 Å². The van der Waals surface area contributed by atoms with E-state index in [9.17, 15) is 9.90 Å². The number of rotatable bonds is 9. The van der Waals surface area contributed by atoms with Gasteiger partial charge >= 0.3 is 0 Å². The second-order valence-electron chi connectivity index (χ2n) is 7.64. The van der Waals surface area contributed by atoms with Crippen LogP contribution in [0.3, 0.4) is 0 Å². The highest BCUT2D eigenvalue weighted by Gasteiger charge is 2.19. The van der Waals surface area contributed by atoms with E-state index < -0.39 is 0 Å². The topological polar surface area (TPSA) is 52.6 Å². The highest BCUT2D eigenvalue weighted by atomic mass is 16.3. The number of allylic oxidation sites excluding steroid dienone is 5. The number of nitrogens with one attached hydrogen (secondary N) is 1. The highest BCUT2D eigenvalue weighted by molar-refractivity contribution is 5.95. The van der Waals surface area contributed by atoms with Crippen LogP contribution in [0.1, 0.15) is 56.0 Å². The van der Waals surface area contributed by atoms with E-state index in [4.69, 9.17) is 0 Å². The zero-order valence-electron chi connectivity index (χ0n) is 18.7. The number of carbonyl (C=O) groups is 1. The molecule has 0 radical (unpaired) electrons. The van der Waals surface area contributed by atoms with E-state index in [1.165, 1.54) is 6.08 Å². The summed E-state index contributed by atoms with van der Waals surface area (Å²) < 4.78 is 0. The van der Waals surface area contributed by atoms with Gasteiger partial charge in [-0.1, -0.05) is 38.3 Å². The Bertz CT molecular complexity index is 808. The molecule has 1 heterocycles. The maximum absolute atomic E-state index is 12.7. The van der Waals surface area contributed by atoms with Crippen molar-refractivity contribution >= 4 is 11.5 Å². The van der Waals surface area contributed by atoms with Crippen LogP contribution >= 0.6 is 0 Å². The van der Waals surface area contributed by atoms with Crippen LogP contribution in [-0.4, -0.2) is 42.1 Å². The fourth-order valence-corrected chi connectivity index (χ4v) is 3.84. The molecule has 0 spiro atoms. The number of aliphatic hydroxyl groups excluding tert-OH is 1. The number of piperidine rings is 1. The SMILES string of the molecule is C=C/C(O)=C(C(=C)CC)/C(=C\C1CCNCC1)c1ccc(C(=O)N(CC)CC)cc1. The molecular formula is C26H36N2O2. The quantitative estimate of drug-likeness (QED) is 0.418. The Morgan fingerprint density at radius 2 is 1.70 bits per heavy atom. The summed E-state index contributed by atoms with van der Waals surface area (Å²) in [6, 6.07) is 7.71. The maximum atomic E-state index is 12.7. The van der Waals surface area contributed by atoms with Gasteiger partial charge in [-0.3, -0.25) is 4.79 Å². The summed E-state index contributed by atoms with van der Waals surface area (Å²) in [5.41, 5.74) is 4.23. The number of nitrogens with zero attached hydrogens (tertiary/aromatic N) is 1. The first-order valence-corrected chi connectivity index (χ1v) is 11.0. The third-order valence-electron chi connectivity index (χ3n) is 5.78. The Kier molecular flexibility index (Phi) is 9.13. The van der Waals surface area contributed by atoms with Gasteiger partial charge in [-0.15, -0.1) is 0 Å². The van der Waals surface area contributed by atoms with Crippen molar-refractivity contribution < 1.29 is 9.90 Å². The first-order valence-electron chi connectivity index (χ1n) is 11.0. The Balaban J connectivity index is 2.51. The number of amides is 1. The molecule has 1 aromatic carbocycles. The third kappa shape index (κ3) is 5.73. The van der Waals surface area contributed by atoms with Gasteiger partial charge in [0.05, 0.1) is 0 Å². The zero-order chi connectivity index (χ0) is 22.1. The summed E-state index contributed by atoms with van der Waals surface area (Å²) in [6.45, 7) is 17.3. The van der Waals surface area contributed by atoms with Gasteiger partial charge in [0.15, 0.2) is 0 Å². The minimum Gasteiger partial charge on any atom is -0.507 e. The summed E-state index contributed by atoms with van der Waals surface area (Å²) in [6.07, 6.45) is 6.59. The van der Waals surface area contributed by atoms with Crippen molar-refractivity contribution in [1.82, 2.24) is 10.2 Å². The minimum absolute atomic E-state index is 0.0399.